The van der Waals surface area contributed by atoms with Gasteiger partial charge < -0.3 is 19.0 Å². The van der Waals surface area contributed by atoms with Crippen LogP contribution in [0.15, 0.2) is 47.8 Å². The standard InChI is InChI=1S/C28H40N2O4/c1-5-6-16-33-27-19-23(2)28(24(3)20-27)34-18-13-11-9-7-8-10-12-17-32-26-15-14-25(29-22-26)21-30-31-4/h5-6,14-15,19-22H,7-13,16-18H2,1-4H3/b6-5+,30-21+. The van der Waals surface area contributed by atoms with Gasteiger partial charge in [-0.3, -0.25) is 4.98 Å². The summed E-state index contributed by atoms with van der Waals surface area (Å²) in [4.78, 5) is 8.90. The third-order valence-electron chi connectivity index (χ3n) is 5.37. The molecule has 1 heterocycles. The Labute approximate surface area is 205 Å². The minimum absolute atomic E-state index is 0.597. The molecule has 0 aliphatic carbocycles. The van der Waals surface area contributed by atoms with Crippen LogP contribution in [-0.2, 0) is 4.84 Å². The fraction of sp³-hybridized carbons (Fsp3) is 0.500. The summed E-state index contributed by atoms with van der Waals surface area (Å²) in [6.07, 6.45) is 15.5. The van der Waals surface area contributed by atoms with Crippen molar-refractivity contribution < 1.29 is 19.0 Å². The number of unbranched alkanes of at least 4 members (excludes halogenated alkanes) is 6. The molecule has 0 atom stereocenters. The second kappa shape index (κ2) is 16.6. The molecule has 0 radical (unpaired) electrons. The highest BCUT2D eigenvalue weighted by Gasteiger charge is 2.07. The number of ether oxygens (including phenoxy) is 3. The van der Waals surface area contributed by atoms with Crippen molar-refractivity contribution in [2.45, 2.75) is 65.7 Å². The van der Waals surface area contributed by atoms with Gasteiger partial charge in [-0.1, -0.05) is 49.4 Å². The smallest absolute Gasteiger partial charge is 0.137 e. The number of hydrogen-bond donors (Lipinski definition) is 0. The lowest BCUT2D eigenvalue weighted by atomic mass is 10.1. The van der Waals surface area contributed by atoms with Crippen molar-refractivity contribution in [3.8, 4) is 17.2 Å². The number of aromatic nitrogens is 1. The number of oxime groups is 1. The maximum absolute atomic E-state index is 6.07. The van der Waals surface area contributed by atoms with Crippen LogP contribution in [0.1, 0.15) is 68.7 Å². The second-order valence-electron chi connectivity index (χ2n) is 8.27. The van der Waals surface area contributed by atoms with Gasteiger partial charge >= 0.3 is 0 Å². The van der Waals surface area contributed by atoms with Crippen molar-refractivity contribution in [3.05, 3.63) is 59.4 Å². The molecule has 1 aromatic carbocycles. The lowest BCUT2D eigenvalue weighted by Crippen LogP contribution is -2.02. The molecule has 0 aliphatic heterocycles. The van der Waals surface area contributed by atoms with Crippen LogP contribution in [0.4, 0.5) is 0 Å². The molecule has 0 saturated heterocycles. The Kier molecular flexibility index (Phi) is 13.3. The highest BCUT2D eigenvalue weighted by atomic mass is 16.6. The zero-order valence-corrected chi connectivity index (χ0v) is 21.2. The highest BCUT2D eigenvalue weighted by molar-refractivity contribution is 5.76. The van der Waals surface area contributed by atoms with Crippen LogP contribution in [0.2, 0.25) is 0 Å². The number of allylic oxidation sites excluding steroid dienone is 1. The Morgan fingerprint density at radius 2 is 1.47 bits per heavy atom. The van der Waals surface area contributed by atoms with Crippen molar-refractivity contribution in [1.82, 2.24) is 4.98 Å². The Balaban J connectivity index is 1.49. The van der Waals surface area contributed by atoms with Gasteiger partial charge in [0.1, 0.15) is 31.0 Å². The van der Waals surface area contributed by atoms with Crippen LogP contribution in [0, 0.1) is 13.8 Å². The van der Waals surface area contributed by atoms with Crippen molar-refractivity contribution in [2.75, 3.05) is 26.9 Å². The number of rotatable bonds is 17. The maximum Gasteiger partial charge on any atom is 0.137 e. The molecule has 0 aliphatic rings. The quantitative estimate of drug-likeness (QED) is 0.110. The third kappa shape index (κ3) is 10.7. The Morgan fingerprint density at radius 3 is 2.06 bits per heavy atom. The molecule has 0 amide bonds. The topological polar surface area (TPSA) is 62.2 Å². The first-order valence-corrected chi connectivity index (χ1v) is 12.3. The molecule has 0 unspecified atom stereocenters. The summed E-state index contributed by atoms with van der Waals surface area (Å²) in [5.74, 6) is 2.68. The van der Waals surface area contributed by atoms with Gasteiger partial charge in [0.2, 0.25) is 0 Å². The molecular formula is C28H40N2O4. The van der Waals surface area contributed by atoms with Gasteiger partial charge in [-0.15, -0.1) is 0 Å². The summed E-state index contributed by atoms with van der Waals surface area (Å²) in [5, 5.41) is 3.69. The van der Waals surface area contributed by atoms with E-state index in [0.717, 1.165) is 60.1 Å². The molecule has 1 aromatic heterocycles. The number of benzene rings is 1. The summed E-state index contributed by atoms with van der Waals surface area (Å²) in [6.45, 7) is 8.24. The molecule has 6 nitrogen and oxygen atoms in total. The van der Waals surface area contributed by atoms with E-state index < -0.39 is 0 Å². The molecular weight excluding hydrogens is 428 g/mol. The molecule has 186 valence electrons. The summed E-state index contributed by atoms with van der Waals surface area (Å²) < 4.78 is 17.6. The highest BCUT2D eigenvalue weighted by Crippen LogP contribution is 2.28. The van der Waals surface area contributed by atoms with E-state index in [-0.39, 0.29) is 0 Å². The molecule has 0 spiro atoms. The van der Waals surface area contributed by atoms with Crippen molar-refractivity contribution in [2.24, 2.45) is 5.16 Å². The van der Waals surface area contributed by atoms with Gasteiger partial charge in [-0.25, -0.2) is 0 Å². The van der Waals surface area contributed by atoms with Crippen LogP contribution in [0.3, 0.4) is 0 Å². The van der Waals surface area contributed by atoms with Crippen molar-refractivity contribution >= 4 is 6.21 Å². The largest absolute Gasteiger partial charge is 0.493 e. The lowest BCUT2D eigenvalue weighted by Gasteiger charge is -2.14. The van der Waals surface area contributed by atoms with E-state index in [9.17, 15) is 0 Å². The van der Waals surface area contributed by atoms with Gasteiger partial charge in [0, 0.05) is 0 Å². The van der Waals surface area contributed by atoms with E-state index >= 15 is 0 Å². The predicted molar refractivity (Wildman–Crippen MR) is 138 cm³/mol. The van der Waals surface area contributed by atoms with Crippen molar-refractivity contribution in [3.63, 3.8) is 0 Å². The first-order valence-electron chi connectivity index (χ1n) is 12.3. The molecule has 6 heteroatoms. The summed E-state index contributed by atoms with van der Waals surface area (Å²) in [6, 6.07) is 7.88. The Hall–Kier alpha value is -3.02. The number of hydrogen-bond acceptors (Lipinski definition) is 6. The fourth-order valence-electron chi connectivity index (χ4n) is 3.57. The Morgan fingerprint density at radius 1 is 0.824 bits per heavy atom. The SMILES string of the molecule is C/C=C/COc1cc(C)c(OCCCCCCCCCOc2ccc(/C=N/OC)nc2)c(C)c1. The van der Waals surface area contributed by atoms with Crippen molar-refractivity contribution in [1.29, 1.82) is 0 Å². The van der Waals surface area contributed by atoms with Gasteiger partial charge in [0.25, 0.3) is 0 Å². The van der Waals surface area contributed by atoms with Gasteiger partial charge in [-0.2, -0.15) is 0 Å². The zero-order chi connectivity index (χ0) is 24.4. The fourth-order valence-corrected chi connectivity index (χ4v) is 3.57. The van der Waals surface area contributed by atoms with Gasteiger partial charge in [-0.05, 0) is 69.0 Å². The first kappa shape index (κ1) is 27.2. The van der Waals surface area contributed by atoms with Crippen LogP contribution in [0.25, 0.3) is 0 Å². The Bertz CT molecular complexity index is 855. The molecule has 0 N–H and O–H groups in total. The average molecular weight is 469 g/mol. The van der Waals surface area contributed by atoms with Crippen LogP contribution >= 0.6 is 0 Å². The van der Waals surface area contributed by atoms with Crippen LogP contribution < -0.4 is 14.2 Å². The monoisotopic (exact) mass is 468 g/mol. The lowest BCUT2D eigenvalue weighted by molar-refractivity contribution is 0.215. The predicted octanol–water partition coefficient (Wildman–Crippen LogP) is 6.82. The average Bonchev–Trinajstić information content (AvgIpc) is 2.83. The van der Waals surface area contributed by atoms with Gasteiger partial charge in [0.15, 0.2) is 0 Å². The molecule has 0 fully saturated rings. The number of aryl methyl sites for hydroxylation is 2. The normalized spacial score (nSPS) is 11.3. The minimum atomic E-state index is 0.597. The van der Waals surface area contributed by atoms with Crippen LogP contribution in [0.5, 0.6) is 17.2 Å². The minimum Gasteiger partial charge on any atom is -0.493 e. The van der Waals surface area contributed by atoms with E-state index in [1.165, 1.54) is 39.2 Å². The molecule has 2 aromatic rings. The molecule has 0 bridgehead atoms. The summed E-state index contributed by atoms with van der Waals surface area (Å²) in [5.41, 5.74) is 3.00. The first-order chi connectivity index (χ1) is 16.6. The zero-order valence-electron chi connectivity index (χ0n) is 21.2. The van der Waals surface area contributed by atoms with E-state index in [0.29, 0.717) is 6.61 Å². The molecule has 2 rings (SSSR count). The van der Waals surface area contributed by atoms with Crippen LogP contribution in [-0.4, -0.2) is 38.1 Å². The van der Waals surface area contributed by atoms with E-state index in [4.69, 9.17) is 14.2 Å². The van der Waals surface area contributed by atoms with Gasteiger partial charge in [0.05, 0.1) is 31.3 Å². The van der Waals surface area contributed by atoms with E-state index in [1.54, 1.807) is 12.4 Å². The summed E-state index contributed by atoms with van der Waals surface area (Å²) in [7, 11) is 1.51. The number of pyridine rings is 1. The second-order valence-corrected chi connectivity index (χ2v) is 8.27. The van der Waals surface area contributed by atoms with E-state index in [2.05, 4.69) is 41.0 Å². The third-order valence-corrected chi connectivity index (χ3v) is 5.37. The maximum atomic E-state index is 6.07. The molecule has 0 saturated carbocycles. The van der Waals surface area contributed by atoms with E-state index in [1.807, 2.05) is 31.2 Å². The number of nitrogens with zero attached hydrogens (tertiary/aromatic N) is 2. The molecule has 34 heavy (non-hydrogen) atoms. The summed E-state index contributed by atoms with van der Waals surface area (Å²) >= 11 is 0.